The van der Waals surface area contributed by atoms with E-state index in [9.17, 15) is 26.3 Å². The minimum atomic E-state index is -4.89. The smallest absolute Gasteiger partial charge is 0.359 e. The number of rotatable bonds is 6. The van der Waals surface area contributed by atoms with Gasteiger partial charge in [0, 0.05) is 17.4 Å². The van der Waals surface area contributed by atoms with E-state index in [4.69, 9.17) is 4.74 Å². The van der Waals surface area contributed by atoms with Crippen molar-refractivity contribution < 1.29 is 35.6 Å². The lowest BCUT2D eigenvalue weighted by atomic mass is 9.71. The van der Waals surface area contributed by atoms with Crippen LogP contribution in [0.2, 0.25) is 0 Å². The fraction of sp³-hybridized carbons (Fsp3) is 0.500. The van der Waals surface area contributed by atoms with Gasteiger partial charge in [0.15, 0.2) is 5.60 Å². The maximum Gasteiger partial charge on any atom is 0.416 e. The van der Waals surface area contributed by atoms with Crippen LogP contribution in [0.15, 0.2) is 60.7 Å². The van der Waals surface area contributed by atoms with Crippen LogP contribution in [0, 0.1) is 38.5 Å². The van der Waals surface area contributed by atoms with Gasteiger partial charge in [-0.2, -0.15) is 26.3 Å². The molecule has 0 N–H and O–H groups in total. The zero-order valence-electron chi connectivity index (χ0n) is 25.9. The maximum absolute atomic E-state index is 13.9. The Hall–Kier alpha value is -2.84. The summed E-state index contributed by atoms with van der Waals surface area (Å²) in [6.07, 6.45) is -7.93. The Kier molecular flexibility index (Phi) is 7.32. The van der Waals surface area contributed by atoms with Gasteiger partial charge in [0.05, 0.1) is 30.2 Å². The van der Waals surface area contributed by atoms with Crippen LogP contribution in [-0.4, -0.2) is 23.1 Å². The molecule has 8 heteroatoms. The molecule has 0 unspecified atom stereocenters. The van der Waals surface area contributed by atoms with E-state index in [0.717, 1.165) is 52.8 Å². The number of halogens is 6. The van der Waals surface area contributed by atoms with Gasteiger partial charge in [0.2, 0.25) is 0 Å². The van der Waals surface area contributed by atoms with E-state index in [1.54, 1.807) is 0 Å². The standard InChI is InChI=1S/C36H40F6NO/c1-22-13-23(2)32(24(3)14-22)34(44-20-26-9-7-6-8-10-26)21-43(18-25(4)30-11-12-31(34)33(30,43)5)19-27-15-28(35(37,38)39)17-29(16-27)36(40,41)42/h6-10,13-17,25,30-31H,11-12,18-21H2,1-5H3/q+1/t25-,30+,31+,33-,34-,43-/m1/s1. The molecule has 3 aliphatic rings. The Bertz CT molecular complexity index is 1510. The van der Waals surface area contributed by atoms with Crippen molar-refractivity contribution in [3.63, 3.8) is 0 Å². The second-order valence-corrected chi connectivity index (χ2v) is 13.9. The summed E-state index contributed by atoms with van der Waals surface area (Å²) in [4.78, 5) is 0. The van der Waals surface area contributed by atoms with Gasteiger partial charge in [-0.1, -0.05) is 55.0 Å². The molecule has 6 rings (SSSR count). The highest BCUT2D eigenvalue weighted by Gasteiger charge is 2.78. The highest BCUT2D eigenvalue weighted by molar-refractivity contribution is 5.44. The number of hydrogen-bond donors (Lipinski definition) is 0. The minimum absolute atomic E-state index is 0.0432. The topological polar surface area (TPSA) is 9.23 Å². The summed E-state index contributed by atoms with van der Waals surface area (Å²) in [5, 5.41) is 0. The van der Waals surface area contributed by atoms with Gasteiger partial charge in [-0.15, -0.1) is 0 Å². The number of ether oxygens (including phenoxy) is 1. The quantitative estimate of drug-likeness (QED) is 0.198. The SMILES string of the molecule is Cc1cc(C)c([C@@]2(OCc3ccccc3)C[N@+]3(Cc4cc(C(F)(F)F)cc(C(F)(F)F)c4)C[C@@H](C)[C@@H]4CC[C@H]2[C@@]43C)c(C)c1. The lowest BCUT2D eigenvalue weighted by Gasteiger charge is -2.43. The van der Waals surface area contributed by atoms with Gasteiger partial charge in [-0.3, -0.25) is 0 Å². The Labute approximate surface area is 255 Å². The third-order valence-electron chi connectivity index (χ3n) is 11.2. The van der Waals surface area contributed by atoms with Crippen LogP contribution < -0.4 is 0 Å². The predicted octanol–water partition coefficient (Wildman–Crippen LogP) is 9.53. The predicted molar refractivity (Wildman–Crippen MR) is 157 cm³/mol. The molecule has 0 radical (unpaired) electrons. The number of alkyl halides is 6. The molecule has 3 aromatic carbocycles. The van der Waals surface area contributed by atoms with Crippen LogP contribution in [0.3, 0.4) is 0 Å². The second-order valence-electron chi connectivity index (χ2n) is 13.9. The molecule has 0 amide bonds. The zero-order chi connectivity index (χ0) is 31.9. The second kappa shape index (κ2) is 10.3. The number of benzene rings is 3. The largest absolute Gasteiger partial charge is 0.416 e. The van der Waals surface area contributed by atoms with Crippen LogP contribution >= 0.6 is 0 Å². The summed E-state index contributed by atoms with van der Waals surface area (Å²) in [5.41, 5.74) is 1.91. The molecular weight excluding hydrogens is 576 g/mol. The molecule has 2 heterocycles. The first-order chi connectivity index (χ1) is 20.5. The molecule has 0 aromatic heterocycles. The Morgan fingerprint density at radius 3 is 1.98 bits per heavy atom. The first kappa shape index (κ1) is 31.2. The van der Waals surface area contributed by atoms with Crippen molar-refractivity contribution in [1.82, 2.24) is 0 Å². The first-order valence-electron chi connectivity index (χ1n) is 15.4. The lowest BCUT2D eigenvalue weighted by Crippen LogP contribution is -2.57. The average Bonchev–Trinajstić information content (AvgIpc) is 3.46. The van der Waals surface area contributed by atoms with Crippen molar-refractivity contribution in [2.75, 3.05) is 13.1 Å². The third kappa shape index (κ3) is 4.79. The van der Waals surface area contributed by atoms with Crippen LogP contribution in [0.4, 0.5) is 26.3 Å². The summed E-state index contributed by atoms with van der Waals surface area (Å²) in [5.74, 6) is 0.612. The Morgan fingerprint density at radius 1 is 0.818 bits per heavy atom. The molecule has 3 aromatic rings. The normalized spacial score (nSPS) is 31.5. The van der Waals surface area contributed by atoms with E-state index >= 15 is 0 Å². The molecule has 2 aliphatic heterocycles. The molecule has 236 valence electrons. The van der Waals surface area contributed by atoms with Crippen LogP contribution in [-0.2, 0) is 35.8 Å². The van der Waals surface area contributed by atoms with Crippen molar-refractivity contribution in [3.8, 4) is 0 Å². The van der Waals surface area contributed by atoms with Crippen molar-refractivity contribution in [3.05, 3.63) is 105 Å². The monoisotopic (exact) mass is 616 g/mol. The fourth-order valence-electron chi connectivity index (χ4n) is 9.96. The van der Waals surface area contributed by atoms with E-state index in [2.05, 4.69) is 46.8 Å². The summed E-state index contributed by atoms with van der Waals surface area (Å²) in [6.45, 7) is 12.3. The van der Waals surface area contributed by atoms with Crippen LogP contribution in [0.25, 0.3) is 0 Å². The van der Waals surface area contributed by atoms with Crippen molar-refractivity contribution >= 4 is 0 Å². The van der Waals surface area contributed by atoms with Gasteiger partial charge in [0.1, 0.15) is 18.6 Å². The first-order valence-corrected chi connectivity index (χ1v) is 15.4. The molecule has 0 spiro atoms. The molecule has 2 saturated heterocycles. The number of hydrogen-bond acceptors (Lipinski definition) is 1. The zero-order valence-corrected chi connectivity index (χ0v) is 25.9. The van der Waals surface area contributed by atoms with Gasteiger partial charge in [-0.05, 0) is 81.0 Å². The molecule has 3 fully saturated rings. The maximum atomic E-state index is 13.9. The van der Waals surface area contributed by atoms with Crippen molar-refractivity contribution in [1.29, 1.82) is 0 Å². The Balaban J connectivity index is 1.53. The van der Waals surface area contributed by atoms with E-state index < -0.39 is 29.1 Å². The molecule has 44 heavy (non-hydrogen) atoms. The van der Waals surface area contributed by atoms with E-state index in [1.165, 1.54) is 0 Å². The van der Waals surface area contributed by atoms with Gasteiger partial charge >= 0.3 is 12.4 Å². The van der Waals surface area contributed by atoms with Gasteiger partial charge < -0.3 is 9.22 Å². The lowest BCUT2D eigenvalue weighted by molar-refractivity contribution is -0.968. The van der Waals surface area contributed by atoms with E-state index in [1.807, 2.05) is 30.3 Å². The summed E-state index contributed by atoms with van der Waals surface area (Å²) >= 11 is 0. The van der Waals surface area contributed by atoms with Crippen LogP contribution in [0.5, 0.6) is 0 Å². The number of aryl methyl sites for hydroxylation is 3. The summed E-state index contributed by atoms with van der Waals surface area (Å²) in [6, 6.07) is 16.3. The van der Waals surface area contributed by atoms with Gasteiger partial charge in [-0.25, -0.2) is 0 Å². The molecule has 6 atom stereocenters. The van der Waals surface area contributed by atoms with Gasteiger partial charge in [0.25, 0.3) is 0 Å². The number of quaternary nitrogens is 1. The highest BCUT2D eigenvalue weighted by Crippen LogP contribution is 2.68. The van der Waals surface area contributed by atoms with Crippen molar-refractivity contribution in [2.45, 2.75) is 84.1 Å². The average molecular weight is 617 g/mol. The summed E-state index contributed by atoms with van der Waals surface area (Å²) < 4.78 is 91.1. The fourth-order valence-corrected chi connectivity index (χ4v) is 9.96. The van der Waals surface area contributed by atoms with E-state index in [0.29, 0.717) is 24.2 Å². The van der Waals surface area contributed by atoms with E-state index in [-0.39, 0.29) is 41.5 Å². The summed E-state index contributed by atoms with van der Waals surface area (Å²) in [7, 11) is 0. The third-order valence-corrected chi connectivity index (χ3v) is 11.2. The molecule has 1 aliphatic carbocycles. The van der Waals surface area contributed by atoms with Crippen LogP contribution in [0.1, 0.15) is 71.2 Å². The number of nitrogens with zero attached hydrogens (tertiary/aromatic N) is 1. The molecule has 1 saturated carbocycles. The Morgan fingerprint density at radius 2 is 1.41 bits per heavy atom. The highest BCUT2D eigenvalue weighted by atomic mass is 19.4. The molecule has 0 bridgehead atoms. The van der Waals surface area contributed by atoms with Crippen molar-refractivity contribution in [2.24, 2.45) is 17.8 Å². The minimum Gasteiger partial charge on any atom is -0.359 e. The molecular formula is C36H40F6NO+. The molecule has 2 nitrogen and oxygen atoms in total.